The molecule has 2 rings (SSSR count). The van der Waals surface area contributed by atoms with Gasteiger partial charge in [-0.3, -0.25) is 0 Å². The van der Waals surface area contributed by atoms with Crippen molar-refractivity contribution in [1.82, 2.24) is 9.62 Å². The lowest BCUT2D eigenvalue weighted by Gasteiger charge is -2.31. The second-order valence-electron chi connectivity index (χ2n) is 4.05. The molecule has 96 valence electrons. The van der Waals surface area contributed by atoms with Crippen molar-refractivity contribution >= 4 is 33.0 Å². The number of rotatable bonds is 3. The van der Waals surface area contributed by atoms with Crippen LogP contribution < -0.4 is 5.32 Å². The molecule has 2 heterocycles. The van der Waals surface area contributed by atoms with E-state index in [-0.39, 0.29) is 6.04 Å². The maximum Gasteiger partial charge on any atom is 0.252 e. The molecule has 7 heteroatoms. The largest absolute Gasteiger partial charge is 0.316 e. The van der Waals surface area contributed by atoms with Crippen LogP contribution >= 0.6 is 22.9 Å². The van der Waals surface area contributed by atoms with Gasteiger partial charge in [-0.2, -0.15) is 4.31 Å². The summed E-state index contributed by atoms with van der Waals surface area (Å²) in [5.41, 5.74) is 0. The summed E-state index contributed by atoms with van der Waals surface area (Å²) in [4.78, 5) is 0. The van der Waals surface area contributed by atoms with E-state index in [9.17, 15) is 8.42 Å². The highest BCUT2D eigenvalue weighted by Gasteiger charge is 2.30. The Morgan fingerprint density at radius 1 is 1.53 bits per heavy atom. The van der Waals surface area contributed by atoms with Crippen molar-refractivity contribution < 1.29 is 8.42 Å². The SMILES string of the molecule is CNC1CCCN(S(=O)(=O)c2ccc(Cl)s2)C1. The van der Waals surface area contributed by atoms with Gasteiger partial charge in [-0.25, -0.2) is 8.42 Å². The van der Waals surface area contributed by atoms with Crippen molar-refractivity contribution in [3.63, 3.8) is 0 Å². The van der Waals surface area contributed by atoms with Gasteiger partial charge in [-0.05, 0) is 32.0 Å². The van der Waals surface area contributed by atoms with E-state index in [0.717, 1.165) is 24.2 Å². The fraction of sp³-hybridized carbons (Fsp3) is 0.600. The molecule has 0 spiro atoms. The van der Waals surface area contributed by atoms with Gasteiger partial charge in [0, 0.05) is 19.1 Å². The molecule has 0 radical (unpaired) electrons. The van der Waals surface area contributed by atoms with Crippen LogP contribution in [-0.2, 0) is 10.0 Å². The molecule has 4 nitrogen and oxygen atoms in total. The number of likely N-dealkylation sites (N-methyl/N-ethyl adjacent to an activating group) is 1. The molecule has 0 bridgehead atoms. The molecule has 1 unspecified atom stereocenters. The van der Waals surface area contributed by atoms with E-state index in [2.05, 4.69) is 5.32 Å². The van der Waals surface area contributed by atoms with Crippen molar-refractivity contribution in [3.05, 3.63) is 16.5 Å². The van der Waals surface area contributed by atoms with E-state index in [0.29, 0.717) is 21.6 Å². The first-order valence-electron chi connectivity index (χ1n) is 5.47. The molecule has 1 N–H and O–H groups in total. The highest BCUT2D eigenvalue weighted by atomic mass is 35.5. The van der Waals surface area contributed by atoms with E-state index in [1.165, 1.54) is 0 Å². The van der Waals surface area contributed by atoms with Crippen LogP contribution in [0.4, 0.5) is 0 Å². The van der Waals surface area contributed by atoms with Crippen molar-refractivity contribution in [3.8, 4) is 0 Å². The van der Waals surface area contributed by atoms with E-state index >= 15 is 0 Å². The molecule has 1 atom stereocenters. The Labute approximate surface area is 111 Å². The summed E-state index contributed by atoms with van der Waals surface area (Å²) in [6.07, 6.45) is 1.91. The fourth-order valence-corrected chi connectivity index (χ4v) is 5.12. The topological polar surface area (TPSA) is 49.4 Å². The number of hydrogen-bond acceptors (Lipinski definition) is 4. The molecule has 0 aliphatic carbocycles. The summed E-state index contributed by atoms with van der Waals surface area (Å²) in [5.74, 6) is 0. The second kappa shape index (κ2) is 5.24. The Balaban J connectivity index is 2.21. The minimum absolute atomic E-state index is 0.244. The van der Waals surface area contributed by atoms with Gasteiger partial charge in [0.25, 0.3) is 10.0 Å². The highest BCUT2D eigenvalue weighted by molar-refractivity contribution is 7.91. The van der Waals surface area contributed by atoms with Crippen molar-refractivity contribution in [2.75, 3.05) is 20.1 Å². The maximum absolute atomic E-state index is 12.3. The van der Waals surface area contributed by atoms with Gasteiger partial charge in [0.15, 0.2) is 0 Å². The summed E-state index contributed by atoms with van der Waals surface area (Å²) in [6.45, 7) is 1.13. The lowest BCUT2D eigenvalue weighted by atomic mass is 10.1. The normalized spacial score (nSPS) is 22.8. The van der Waals surface area contributed by atoms with Crippen LogP contribution in [0.15, 0.2) is 16.3 Å². The summed E-state index contributed by atoms with van der Waals surface area (Å²) in [7, 11) is -1.49. The summed E-state index contributed by atoms with van der Waals surface area (Å²) < 4.78 is 27.0. The Morgan fingerprint density at radius 3 is 2.88 bits per heavy atom. The number of hydrogen-bond donors (Lipinski definition) is 1. The first-order chi connectivity index (χ1) is 8.04. The summed E-state index contributed by atoms with van der Waals surface area (Å²) in [5, 5.41) is 3.13. The Bertz CT molecular complexity index is 486. The molecule has 1 fully saturated rings. The van der Waals surface area contributed by atoms with Crippen LogP contribution in [0, 0.1) is 0 Å². The summed E-state index contributed by atoms with van der Waals surface area (Å²) >= 11 is 6.90. The Morgan fingerprint density at radius 2 is 2.29 bits per heavy atom. The van der Waals surface area contributed by atoms with Gasteiger partial charge in [-0.1, -0.05) is 11.6 Å². The van der Waals surface area contributed by atoms with Crippen molar-refractivity contribution in [2.45, 2.75) is 23.1 Å². The number of nitrogens with zero attached hydrogens (tertiary/aromatic N) is 1. The van der Waals surface area contributed by atoms with E-state index in [4.69, 9.17) is 11.6 Å². The number of thiophene rings is 1. The highest BCUT2D eigenvalue weighted by Crippen LogP contribution is 2.29. The molecule has 1 saturated heterocycles. The zero-order chi connectivity index (χ0) is 12.5. The molecule has 1 aliphatic rings. The zero-order valence-electron chi connectivity index (χ0n) is 9.52. The van der Waals surface area contributed by atoms with Crippen LogP contribution in [0.3, 0.4) is 0 Å². The van der Waals surface area contributed by atoms with Gasteiger partial charge in [0.2, 0.25) is 0 Å². The Kier molecular flexibility index (Phi) is 4.10. The van der Waals surface area contributed by atoms with E-state index < -0.39 is 10.0 Å². The van der Waals surface area contributed by atoms with E-state index in [1.54, 1.807) is 16.4 Å². The lowest BCUT2D eigenvalue weighted by molar-refractivity contribution is 0.293. The second-order valence-corrected chi connectivity index (χ2v) is 7.93. The van der Waals surface area contributed by atoms with Crippen LogP contribution in [-0.4, -0.2) is 38.9 Å². The predicted octanol–water partition coefficient (Wildman–Crippen LogP) is 1.77. The van der Waals surface area contributed by atoms with Crippen molar-refractivity contribution in [1.29, 1.82) is 0 Å². The molecule has 1 aromatic rings. The zero-order valence-corrected chi connectivity index (χ0v) is 11.9. The van der Waals surface area contributed by atoms with Gasteiger partial charge in [-0.15, -0.1) is 11.3 Å². The summed E-state index contributed by atoms with van der Waals surface area (Å²) in [6, 6.07) is 3.44. The van der Waals surface area contributed by atoms with Gasteiger partial charge < -0.3 is 5.32 Å². The fourth-order valence-electron chi connectivity index (χ4n) is 1.96. The number of halogens is 1. The first-order valence-corrected chi connectivity index (χ1v) is 8.10. The molecule has 1 aromatic heterocycles. The third kappa shape index (κ3) is 2.82. The Hall–Kier alpha value is -0.140. The molecule has 0 aromatic carbocycles. The minimum atomic E-state index is -3.36. The smallest absolute Gasteiger partial charge is 0.252 e. The first kappa shape index (κ1) is 13.3. The van der Waals surface area contributed by atoms with E-state index in [1.807, 2.05) is 7.05 Å². The number of nitrogens with one attached hydrogen (secondary N) is 1. The van der Waals surface area contributed by atoms with Crippen molar-refractivity contribution in [2.24, 2.45) is 0 Å². The minimum Gasteiger partial charge on any atom is -0.316 e. The molecule has 17 heavy (non-hydrogen) atoms. The van der Waals surface area contributed by atoms with Crippen LogP contribution in [0.5, 0.6) is 0 Å². The molecule has 0 amide bonds. The number of piperidine rings is 1. The van der Waals surface area contributed by atoms with Crippen LogP contribution in [0.2, 0.25) is 4.34 Å². The average Bonchev–Trinajstić information content (AvgIpc) is 2.76. The predicted molar refractivity (Wildman–Crippen MR) is 70.2 cm³/mol. The van der Waals surface area contributed by atoms with Gasteiger partial charge >= 0.3 is 0 Å². The van der Waals surface area contributed by atoms with Crippen LogP contribution in [0.1, 0.15) is 12.8 Å². The molecular weight excluding hydrogens is 280 g/mol. The molecule has 0 saturated carbocycles. The van der Waals surface area contributed by atoms with Gasteiger partial charge in [0.05, 0.1) is 4.34 Å². The number of sulfonamides is 1. The molecule has 1 aliphatic heterocycles. The standard InChI is InChI=1S/C10H15ClN2O2S2/c1-12-8-3-2-6-13(7-8)17(14,15)10-5-4-9(11)16-10/h4-5,8,12H,2-3,6-7H2,1H3. The monoisotopic (exact) mass is 294 g/mol. The average molecular weight is 295 g/mol. The maximum atomic E-state index is 12.3. The molecular formula is C10H15ClN2O2S2. The lowest BCUT2D eigenvalue weighted by Crippen LogP contribution is -2.46. The quantitative estimate of drug-likeness (QED) is 0.924. The third-order valence-electron chi connectivity index (χ3n) is 2.94. The van der Waals surface area contributed by atoms with Crippen LogP contribution in [0.25, 0.3) is 0 Å². The van der Waals surface area contributed by atoms with Gasteiger partial charge in [0.1, 0.15) is 4.21 Å². The third-order valence-corrected chi connectivity index (χ3v) is 6.50.